The Labute approximate surface area is 112 Å². The average molecular weight is 261 g/mol. The normalized spacial score (nSPS) is 12.2. The van der Waals surface area contributed by atoms with E-state index in [1.54, 1.807) is 6.26 Å². The summed E-state index contributed by atoms with van der Waals surface area (Å²) < 4.78 is 5.37. The number of hydrazine groups is 1. The molecule has 0 bridgehead atoms. The maximum absolute atomic E-state index is 5.48. The zero-order valence-corrected chi connectivity index (χ0v) is 11.4. The molecule has 4 N–H and O–H groups in total. The van der Waals surface area contributed by atoms with Crippen molar-refractivity contribution in [3.63, 3.8) is 0 Å². The number of nitrogen functional groups attached to an aromatic ring is 1. The number of nitrogens with one attached hydrogen (secondary N) is 2. The van der Waals surface area contributed by atoms with E-state index in [0.29, 0.717) is 5.82 Å². The molecule has 2 heterocycles. The van der Waals surface area contributed by atoms with Gasteiger partial charge in [0.2, 0.25) is 0 Å². The van der Waals surface area contributed by atoms with E-state index in [1.165, 1.54) is 0 Å². The molecule has 2 aromatic heterocycles. The van der Waals surface area contributed by atoms with Gasteiger partial charge in [-0.05, 0) is 26.0 Å². The van der Waals surface area contributed by atoms with Crippen LogP contribution in [-0.4, -0.2) is 9.97 Å². The zero-order valence-electron chi connectivity index (χ0n) is 11.4. The van der Waals surface area contributed by atoms with Gasteiger partial charge in [0.15, 0.2) is 0 Å². The topological polar surface area (TPSA) is 89.0 Å². The molecule has 0 saturated carbocycles. The number of aryl methyl sites for hydroxylation is 1. The molecule has 6 nitrogen and oxygen atoms in total. The van der Waals surface area contributed by atoms with Crippen LogP contribution in [0.4, 0.5) is 11.6 Å². The molecular formula is C13H19N5O. The molecule has 0 aliphatic heterocycles. The van der Waals surface area contributed by atoms with Crippen molar-refractivity contribution in [3.05, 3.63) is 35.5 Å². The van der Waals surface area contributed by atoms with Gasteiger partial charge in [-0.15, -0.1) is 0 Å². The van der Waals surface area contributed by atoms with Gasteiger partial charge in [0.1, 0.15) is 23.2 Å². The van der Waals surface area contributed by atoms with Gasteiger partial charge in [-0.1, -0.05) is 6.92 Å². The number of hydrogen-bond donors (Lipinski definition) is 3. The number of hydrogen-bond acceptors (Lipinski definition) is 6. The second-order valence-electron chi connectivity index (χ2n) is 4.34. The lowest BCUT2D eigenvalue weighted by Crippen LogP contribution is -2.16. The van der Waals surface area contributed by atoms with Crippen molar-refractivity contribution < 1.29 is 4.42 Å². The highest BCUT2D eigenvalue weighted by molar-refractivity contribution is 5.57. The Hall–Kier alpha value is -2.08. The summed E-state index contributed by atoms with van der Waals surface area (Å²) in [5.74, 6) is 8.49. The monoisotopic (exact) mass is 261 g/mol. The second-order valence-corrected chi connectivity index (χ2v) is 4.34. The van der Waals surface area contributed by atoms with Crippen LogP contribution in [0.2, 0.25) is 0 Å². The first kappa shape index (κ1) is 13.4. The molecule has 19 heavy (non-hydrogen) atoms. The summed E-state index contributed by atoms with van der Waals surface area (Å²) in [5.41, 5.74) is 3.49. The lowest BCUT2D eigenvalue weighted by atomic mass is 10.2. The van der Waals surface area contributed by atoms with Crippen LogP contribution in [0.1, 0.15) is 37.0 Å². The first-order valence-electron chi connectivity index (χ1n) is 6.29. The Balaban J connectivity index is 2.28. The Morgan fingerprint density at radius 2 is 2.11 bits per heavy atom. The molecule has 1 unspecified atom stereocenters. The van der Waals surface area contributed by atoms with Crippen LogP contribution in [0.3, 0.4) is 0 Å². The molecule has 0 fully saturated rings. The number of aromatic nitrogens is 2. The summed E-state index contributed by atoms with van der Waals surface area (Å²) in [5, 5.41) is 3.32. The van der Waals surface area contributed by atoms with E-state index in [1.807, 2.05) is 32.9 Å². The predicted octanol–water partition coefficient (Wildman–Crippen LogP) is 2.40. The number of rotatable bonds is 5. The number of anilines is 2. The Morgan fingerprint density at radius 3 is 2.68 bits per heavy atom. The minimum atomic E-state index is 0.0268. The number of furan rings is 1. The summed E-state index contributed by atoms with van der Waals surface area (Å²) >= 11 is 0. The molecule has 0 spiro atoms. The molecule has 1 atom stereocenters. The van der Waals surface area contributed by atoms with Crippen molar-refractivity contribution in [1.29, 1.82) is 0 Å². The first-order chi connectivity index (χ1) is 9.15. The van der Waals surface area contributed by atoms with Crippen LogP contribution in [0.25, 0.3) is 0 Å². The summed E-state index contributed by atoms with van der Waals surface area (Å²) in [6, 6.07) is 3.82. The third kappa shape index (κ3) is 2.85. The van der Waals surface area contributed by atoms with E-state index in [0.717, 1.165) is 29.4 Å². The van der Waals surface area contributed by atoms with Crippen LogP contribution in [0.5, 0.6) is 0 Å². The third-order valence-corrected chi connectivity index (χ3v) is 2.97. The Bertz CT molecular complexity index is 538. The van der Waals surface area contributed by atoms with Crippen LogP contribution in [-0.2, 0) is 6.42 Å². The Kier molecular flexibility index (Phi) is 4.01. The van der Waals surface area contributed by atoms with Crippen molar-refractivity contribution in [3.8, 4) is 0 Å². The largest absolute Gasteiger partial charge is 0.467 e. The van der Waals surface area contributed by atoms with Crippen molar-refractivity contribution in [2.75, 3.05) is 10.7 Å². The number of nitrogens with zero attached hydrogens (tertiary/aromatic N) is 2. The van der Waals surface area contributed by atoms with E-state index >= 15 is 0 Å². The van der Waals surface area contributed by atoms with E-state index in [4.69, 9.17) is 10.3 Å². The lowest BCUT2D eigenvalue weighted by Gasteiger charge is -2.16. The fourth-order valence-electron chi connectivity index (χ4n) is 1.82. The van der Waals surface area contributed by atoms with Gasteiger partial charge in [-0.2, -0.15) is 0 Å². The van der Waals surface area contributed by atoms with E-state index in [9.17, 15) is 0 Å². The highest BCUT2D eigenvalue weighted by atomic mass is 16.3. The smallest absolute Gasteiger partial charge is 0.148 e. The fourth-order valence-corrected chi connectivity index (χ4v) is 1.82. The molecule has 0 radical (unpaired) electrons. The predicted molar refractivity (Wildman–Crippen MR) is 74.7 cm³/mol. The van der Waals surface area contributed by atoms with Crippen LogP contribution >= 0.6 is 0 Å². The van der Waals surface area contributed by atoms with Gasteiger partial charge >= 0.3 is 0 Å². The van der Waals surface area contributed by atoms with Crippen molar-refractivity contribution in [1.82, 2.24) is 9.97 Å². The molecule has 0 amide bonds. The molecular weight excluding hydrogens is 242 g/mol. The van der Waals surface area contributed by atoms with Crippen LogP contribution in [0, 0.1) is 6.92 Å². The Morgan fingerprint density at radius 1 is 1.37 bits per heavy atom. The molecule has 102 valence electrons. The van der Waals surface area contributed by atoms with Crippen LogP contribution < -0.4 is 16.6 Å². The fraction of sp³-hybridized carbons (Fsp3) is 0.385. The van der Waals surface area contributed by atoms with Crippen molar-refractivity contribution >= 4 is 11.6 Å². The third-order valence-electron chi connectivity index (χ3n) is 2.97. The summed E-state index contributed by atoms with van der Waals surface area (Å²) in [4.78, 5) is 8.82. The first-order valence-corrected chi connectivity index (χ1v) is 6.29. The van der Waals surface area contributed by atoms with Gasteiger partial charge in [0.05, 0.1) is 12.3 Å². The van der Waals surface area contributed by atoms with Gasteiger partial charge in [-0.25, -0.2) is 15.8 Å². The summed E-state index contributed by atoms with van der Waals surface area (Å²) in [7, 11) is 0. The van der Waals surface area contributed by atoms with Crippen molar-refractivity contribution in [2.45, 2.75) is 33.2 Å². The SMILES string of the molecule is CCc1nc(NN)c(C)c(NC(C)c2ccco2)n1. The van der Waals surface area contributed by atoms with E-state index in [-0.39, 0.29) is 6.04 Å². The van der Waals surface area contributed by atoms with Crippen molar-refractivity contribution in [2.24, 2.45) is 5.84 Å². The van der Waals surface area contributed by atoms with Gasteiger partial charge in [-0.3, -0.25) is 0 Å². The average Bonchev–Trinajstić information content (AvgIpc) is 2.95. The summed E-state index contributed by atoms with van der Waals surface area (Å²) in [6.45, 7) is 5.94. The standard InChI is InChI=1S/C13H19N5O/c1-4-11-16-12(8(2)13(17-11)18-14)15-9(3)10-6-5-7-19-10/h5-7,9H,4,14H2,1-3H3,(H2,15,16,17,18). The molecule has 6 heteroatoms. The molecule has 2 rings (SSSR count). The van der Waals surface area contributed by atoms with Gasteiger partial charge in [0.25, 0.3) is 0 Å². The maximum Gasteiger partial charge on any atom is 0.148 e. The highest BCUT2D eigenvalue weighted by Crippen LogP contribution is 2.24. The van der Waals surface area contributed by atoms with Crippen LogP contribution in [0.15, 0.2) is 22.8 Å². The summed E-state index contributed by atoms with van der Waals surface area (Å²) in [6.07, 6.45) is 2.41. The molecule has 0 saturated heterocycles. The maximum atomic E-state index is 5.48. The molecule has 0 aliphatic carbocycles. The molecule has 0 aliphatic rings. The minimum Gasteiger partial charge on any atom is -0.467 e. The molecule has 2 aromatic rings. The zero-order chi connectivity index (χ0) is 13.8. The number of nitrogens with two attached hydrogens (primary N) is 1. The highest BCUT2D eigenvalue weighted by Gasteiger charge is 2.14. The van der Waals surface area contributed by atoms with E-state index < -0.39 is 0 Å². The minimum absolute atomic E-state index is 0.0268. The van der Waals surface area contributed by atoms with Gasteiger partial charge in [0, 0.05) is 12.0 Å². The lowest BCUT2D eigenvalue weighted by molar-refractivity contribution is 0.490. The quantitative estimate of drug-likeness (QED) is 0.565. The van der Waals surface area contributed by atoms with E-state index in [2.05, 4.69) is 20.7 Å². The molecule has 0 aromatic carbocycles. The van der Waals surface area contributed by atoms with Gasteiger partial charge < -0.3 is 15.2 Å². The second kappa shape index (κ2) is 5.71.